The summed E-state index contributed by atoms with van der Waals surface area (Å²) in [5.74, 6) is 0.220. The van der Waals surface area contributed by atoms with Crippen molar-refractivity contribution in [3.05, 3.63) is 54.1 Å². The second-order valence-electron chi connectivity index (χ2n) is 7.15. The van der Waals surface area contributed by atoms with Gasteiger partial charge in [-0.25, -0.2) is 4.98 Å². The van der Waals surface area contributed by atoms with Gasteiger partial charge in [-0.2, -0.15) is 13.2 Å². The molecule has 4 nitrogen and oxygen atoms in total. The molecular weight excluding hydrogens is 355 g/mol. The highest BCUT2D eigenvalue weighted by Crippen LogP contribution is 2.56. The number of aliphatic hydroxyl groups is 1. The lowest BCUT2D eigenvalue weighted by molar-refractivity contribution is -0.141. The molecule has 1 atom stereocenters. The maximum absolute atomic E-state index is 12.6. The SMILES string of the molecule is CC.OC(c1cccnc1)C1CC2(C1)CN(c1ccc(C(F)(F)F)nc1)C2. The average molecular weight is 379 g/mol. The molecule has 2 fully saturated rings. The lowest BCUT2D eigenvalue weighted by atomic mass is 9.56. The van der Waals surface area contributed by atoms with Crippen LogP contribution >= 0.6 is 0 Å². The van der Waals surface area contributed by atoms with Crippen LogP contribution < -0.4 is 4.90 Å². The van der Waals surface area contributed by atoms with Crippen molar-refractivity contribution in [2.45, 2.75) is 39.0 Å². The highest BCUT2D eigenvalue weighted by Gasteiger charge is 2.54. The molecular formula is C20H24F3N3O. The minimum atomic E-state index is -4.40. The first-order chi connectivity index (χ1) is 12.9. The molecule has 1 saturated carbocycles. The van der Waals surface area contributed by atoms with Gasteiger partial charge in [-0.05, 0) is 42.5 Å². The molecule has 27 heavy (non-hydrogen) atoms. The van der Waals surface area contributed by atoms with E-state index in [1.807, 2.05) is 30.9 Å². The van der Waals surface area contributed by atoms with E-state index in [4.69, 9.17) is 0 Å². The number of anilines is 1. The molecule has 0 bridgehead atoms. The highest BCUT2D eigenvalue weighted by atomic mass is 19.4. The van der Waals surface area contributed by atoms with E-state index in [2.05, 4.69) is 9.97 Å². The number of rotatable bonds is 3. The van der Waals surface area contributed by atoms with Crippen molar-refractivity contribution in [3.8, 4) is 0 Å². The molecule has 1 aliphatic heterocycles. The number of aliphatic hydroxyl groups excluding tert-OH is 1. The zero-order valence-electron chi connectivity index (χ0n) is 15.4. The third-order valence-corrected chi connectivity index (χ3v) is 5.32. The van der Waals surface area contributed by atoms with E-state index in [1.54, 1.807) is 12.4 Å². The first-order valence-corrected chi connectivity index (χ1v) is 9.23. The van der Waals surface area contributed by atoms with Gasteiger partial charge in [0, 0.05) is 30.9 Å². The average Bonchev–Trinajstić information content (AvgIpc) is 2.61. The van der Waals surface area contributed by atoms with E-state index in [9.17, 15) is 18.3 Å². The summed E-state index contributed by atoms with van der Waals surface area (Å²) in [5.41, 5.74) is 0.867. The van der Waals surface area contributed by atoms with Crippen molar-refractivity contribution in [1.29, 1.82) is 0 Å². The van der Waals surface area contributed by atoms with Crippen LogP contribution in [0.15, 0.2) is 42.9 Å². The number of pyridine rings is 2. The van der Waals surface area contributed by atoms with Crippen LogP contribution in [-0.4, -0.2) is 28.2 Å². The van der Waals surface area contributed by atoms with Crippen molar-refractivity contribution in [3.63, 3.8) is 0 Å². The van der Waals surface area contributed by atoms with Gasteiger partial charge < -0.3 is 10.0 Å². The fourth-order valence-corrected chi connectivity index (χ4v) is 4.04. The molecule has 146 valence electrons. The molecule has 1 spiro atoms. The Labute approximate surface area is 157 Å². The predicted octanol–water partition coefficient (Wildman–Crippen LogP) is 4.47. The number of nitrogens with zero attached hydrogens (tertiary/aromatic N) is 3. The Balaban J connectivity index is 0.00000102. The van der Waals surface area contributed by atoms with Gasteiger partial charge in [0.05, 0.1) is 18.0 Å². The second kappa shape index (κ2) is 7.46. The van der Waals surface area contributed by atoms with Gasteiger partial charge in [-0.3, -0.25) is 4.98 Å². The Hall–Kier alpha value is -2.15. The van der Waals surface area contributed by atoms with Crippen LogP contribution in [0.4, 0.5) is 18.9 Å². The Bertz CT molecular complexity index is 735. The molecule has 0 radical (unpaired) electrons. The molecule has 1 unspecified atom stereocenters. The monoisotopic (exact) mass is 379 g/mol. The zero-order chi connectivity index (χ0) is 19.7. The number of halogens is 3. The molecule has 3 heterocycles. The van der Waals surface area contributed by atoms with Crippen LogP contribution in [0.2, 0.25) is 0 Å². The smallest absolute Gasteiger partial charge is 0.388 e. The molecule has 1 aliphatic carbocycles. The Morgan fingerprint density at radius 1 is 1.15 bits per heavy atom. The van der Waals surface area contributed by atoms with Crippen LogP contribution in [0, 0.1) is 11.3 Å². The van der Waals surface area contributed by atoms with Gasteiger partial charge >= 0.3 is 6.18 Å². The summed E-state index contributed by atoms with van der Waals surface area (Å²) in [6, 6.07) is 6.19. The summed E-state index contributed by atoms with van der Waals surface area (Å²) >= 11 is 0. The van der Waals surface area contributed by atoms with Gasteiger partial charge in [-0.15, -0.1) is 0 Å². The first kappa shape index (κ1) is 19.6. The van der Waals surface area contributed by atoms with Crippen LogP contribution in [0.3, 0.4) is 0 Å². The molecule has 1 saturated heterocycles. The van der Waals surface area contributed by atoms with E-state index in [0.717, 1.165) is 43.2 Å². The maximum Gasteiger partial charge on any atom is 0.433 e. The fourth-order valence-electron chi connectivity index (χ4n) is 4.04. The predicted molar refractivity (Wildman–Crippen MR) is 97.2 cm³/mol. The summed E-state index contributed by atoms with van der Waals surface area (Å²) < 4.78 is 37.7. The summed E-state index contributed by atoms with van der Waals surface area (Å²) in [5, 5.41) is 10.4. The Morgan fingerprint density at radius 2 is 1.85 bits per heavy atom. The van der Waals surface area contributed by atoms with Crippen LogP contribution in [0.25, 0.3) is 0 Å². The Kier molecular flexibility index (Phi) is 5.42. The molecule has 2 aromatic rings. The molecule has 2 aromatic heterocycles. The third kappa shape index (κ3) is 3.93. The van der Waals surface area contributed by atoms with E-state index in [1.165, 1.54) is 12.3 Å². The topological polar surface area (TPSA) is 49.3 Å². The molecule has 0 amide bonds. The van der Waals surface area contributed by atoms with Crippen molar-refractivity contribution < 1.29 is 18.3 Å². The minimum absolute atomic E-state index is 0.177. The van der Waals surface area contributed by atoms with Crippen LogP contribution in [-0.2, 0) is 6.18 Å². The molecule has 4 rings (SSSR count). The largest absolute Gasteiger partial charge is 0.433 e. The van der Waals surface area contributed by atoms with Crippen LogP contribution in [0.5, 0.6) is 0 Å². The third-order valence-electron chi connectivity index (χ3n) is 5.32. The van der Waals surface area contributed by atoms with E-state index >= 15 is 0 Å². The van der Waals surface area contributed by atoms with E-state index in [-0.39, 0.29) is 11.3 Å². The standard InChI is InChI=1S/C18H18F3N3O.C2H6/c19-18(20,21)15-4-3-14(9-23-15)24-10-17(11-24)6-13(7-17)16(25)12-2-1-5-22-8-12;1-2/h1-5,8-9,13,16,25H,6-7,10-11H2;1-2H3. The van der Waals surface area contributed by atoms with Gasteiger partial charge in [0.15, 0.2) is 0 Å². The molecule has 1 N–H and O–H groups in total. The molecule has 7 heteroatoms. The lowest BCUT2D eigenvalue weighted by Crippen LogP contribution is -2.63. The number of alkyl halides is 3. The van der Waals surface area contributed by atoms with Crippen LogP contribution in [0.1, 0.15) is 44.1 Å². The summed E-state index contributed by atoms with van der Waals surface area (Å²) in [4.78, 5) is 9.59. The van der Waals surface area contributed by atoms with Gasteiger partial charge in [0.1, 0.15) is 5.69 Å². The summed E-state index contributed by atoms with van der Waals surface area (Å²) in [6.07, 6.45) is 1.61. The number of aromatic nitrogens is 2. The fraction of sp³-hybridized carbons (Fsp3) is 0.500. The highest BCUT2D eigenvalue weighted by molar-refractivity contribution is 5.49. The summed E-state index contributed by atoms with van der Waals surface area (Å²) in [7, 11) is 0. The first-order valence-electron chi connectivity index (χ1n) is 9.23. The second-order valence-corrected chi connectivity index (χ2v) is 7.15. The van der Waals surface area contributed by atoms with E-state index < -0.39 is 18.0 Å². The van der Waals surface area contributed by atoms with E-state index in [0.29, 0.717) is 0 Å². The van der Waals surface area contributed by atoms with Crippen molar-refractivity contribution >= 4 is 5.69 Å². The molecule has 0 aromatic carbocycles. The van der Waals surface area contributed by atoms with Crippen molar-refractivity contribution in [1.82, 2.24) is 9.97 Å². The quantitative estimate of drug-likeness (QED) is 0.855. The lowest BCUT2D eigenvalue weighted by Gasteiger charge is -2.60. The molecule has 2 aliphatic rings. The maximum atomic E-state index is 12.6. The van der Waals surface area contributed by atoms with Gasteiger partial charge in [0.2, 0.25) is 0 Å². The zero-order valence-corrected chi connectivity index (χ0v) is 15.4. The van der Waals surface area contributed by atoms with Gasteiger partial charge in [0.25, 0.3) is 0 Å². The van der Waals surface area contributed by atoms with Crippen molar-refractivity contribution in [2.24, 2.45) is 11.3 Å². The summed E-state index contributed by atoms with van der Waals surface area (Å²) in [6.45, 7) is 5.60. The Morgan fingerprint density at radius 3 is 2.37 bits per heavy atom. The number of hydrogen-bond donors (Lipinski definition) is 1. The normalized spacial score (nSPS) is 19.6. The van der Waals surface area contributed by atoms with Gasteiger partial charge in [-0.1, -0.05) is 19.9 Å². The number of hydrogen-bond acceptors (Lipinski definition) is 4. The minimum Gasteiger partial charge on any atom is -0.388 e. The van der Waals surface area contributed by atoms with Crippen molar-refractivity contribution in [2.75, 3.05) is 18.0 Å².